The fourth-order valence-corrected chi connectivity index (χ4v) is 2.22. The monoisotopic (exact) mass is 236 g/mol. The van der Waals surface area contributed by atoms with Crippen LogP contribution in [-0.2, 0) is 4.79 Å². The first-order chi connectivity index (χ1) is 8.22. The molecule has 0 radical (unpaired) electrons. The summed E-state index contributed by atoms with van der Waals surface area (Å²) in [6.07, 6.45) is 0.492. The maximum absolute atomic E-state index is 13.2. The zero-order chi connectivity index (χ0) is 12.3. The summed E-state index contributed by atoms with van der Waals surface area (Å²) < 4.78 is 13.2. The zero-order valence-electron chi connectivity index (χ0n) is 9.95. The zero-order valence-corrected chi connectivity index (χ0v) is 9.95. The van der Waals surface area contributed by atoms with Crippen molar-refractivity contribution in [1.82, 2.24) is 10.2 Å². The number of benzene rings is 1. The number of nitrogens with one attached hydrogen (secondary N) is 1. The molecule has 3 nitrogen and oxygen atoms in total. The number of rotatable bonds is 2. The average Bonchev–Trinajstić information content (AvgIpc) is 2.38. The Bertz CT molecular complexity index is 408. The average molecular weight is 236 g/mol. The van der Waals surface area contributed by atoms with Crippen LogP contribution in [-0.4, -0.2) is 30.4 Å². The van der Waals surface area contributed by atoms with Gasteiger partial charge in [-0.2, -0.15) is 0 Å². The van der Waals surface area contributed by atoms with Crippen molar-refractivity contribution in [3.8, 4) is 0 Å². The molecule has 1 heterocycles. The molecule has 1 saturated heterocycles. The lowest BCUT2D eigenvalue weighted by atomic mass is 10.0. The normalized spacial score (nSPS) is 20.4. The van der Waals surface area contributed by atoms with Crippen molar-refractivity contribution in [2.24, 2.45) is 0 Å². The first kappa shape index (κ1) is 12.0. The summed E-state index contributed by atoms with van der Waals surface area (Å²) in [6.45, 7) is 4.04. The van der Waals surface area contributed by atoms with Gasteiger partial charge in [0.15, 0.2) is 0 Å². The molecule has 1 fully saturated rings. The maximum Gasteiger partial charge on any atom is 0.222 e. The van der Waals surface area contributed by atoms with Gasteiger partial charge in [0, 0.05) is 26.1 Å². The Labute approximate surface area is 101 Å². The minimum absolute atomic E-state index is 0.0492. The molecule has 0 aromatic heterocycles. The van der Waals surface area contributed by atoms with Crippen LogP contribution in [0.25, 0.3) is 0 Å². The Morgan fingerprint density at radius 1 is 1.59 bits per heavy atom. The van der Waals surface area contributed by atoms with Gasteiger partial charge < -0.3 is 10.2 Å². The molecule has 1 aliphatic heterocycles. The Kier molecular flexibility index (Phi) is 3.74. The largest absolute Gasteiger partial charge is 0.333 e. The molecule has 1 aliphatic rings. The van der Waals surface area contributed by atoms with Crippen molar-refractivity contribution < 1.29 is 9.18 Å². The summed E-state index contributed by atoms with van der Waals surface area (Å²) in [7, 11) is 0. The van der Waals surface area contributed by atoms with Gasteiger partial charge in [0.2, 0.25) is 5.91 Å². The number of hydrogen-bond donors (Lipinski definition) is 1. The second-order valence-corrected chi connectivity index (χ2v) is 4.22. The van der Waals surface area contributed by atoms with Crippen LogP contribution in [0.5, 0.6) is 0 Å². The third-order valence-electron chi connectivity index (χ3n) is 3.10. The van der Waals surface area contributed by atoms with E-state index in [1.807, 2.05) is 17.9 Å². The van der Waals surface area contributed by atoms with Gasteiger partial charge >= 0.3 is 0 Å². The van der Waals surface area contributed by atoms with Gasteiger partial charge in [-0.15, -0.1) is 0 Å². The molecule has 4 heteroatoms. The maximum atomic E-state index is 13.2. The van der Waals surface area contributed by atoms with Crippen molar-refractivity contribution in [3.63, 3.8) is 0 Å². The smallest absolute Gasteiger partial charge is 0.222 e. The lowest BCUT2D eigenvalue weighted by Crippen LogP contribution is -2.48. The Morgan fingerprint density at radius 2 is 2.41 bits per heavy atom. The molecule has 1 unspecified atom stereocenters. The number of hydrogen-bond acceptors (Lipinski definition) is 2. The van der Waals surface area contributed by atoms with E-state index >= 15 is 0 Å². The molecule has 0 saturated carbocycles. The highest BCUT2D eigenvalue weighted by Gasteiger charge is 2.26. The van der Waals surface area contributed by atoms with Crippen LogP contribution in [0.1, 0.15) is 24.9 Å². The summed E-state index contributed by atoms with van der Waals surface area (Å²) in [5.41, 5.74) is 0.860. The highest BCUT2D eigenvalue weighted by Crippen LogP contribution is 2.23. The number of halogens is 1. The Hall–Kier alpha value is -1.42. The molecule has 1 aromatic rings. The molecular weight excluding hydrogens is 219 g/mol. The van der Waals surface area contributed by atoms with Gasteiger partial charge in [-0.05, 0) is 17.7 Å². The first-order valence-electron chi connectivity index (χ1n) is 5.98. The van der Waals surface area contributed by atoms with E-state index < -0.39 is 0 Å². The second kappa shape index (κ2) is 5.27. The third kappa shape index (κ3) is 2.64. The van der Waals surface area contributed by atoms with Crippen molar-refractivity contribution in [2.75, 3.05) is 19.6 Å². The van der Waals surface area contributed by atoms with Crippen molar-refractivity contribution in [3.05, 3.63) is 35.6 Å². The van der Waals surface area contributed by atoms with Gasteiger partial charge in [-0.3, -0.25) is 4.79 Å². The topological polar surface area (TPSA) is 32.3 Å². The van der Waals surface area contributed by atoms with Crippen LogP contribution < -0.4 is 5.32 Å². The molecule has 17 heavy (non-hydrogen) atoms. The van der Waals surface area contributed by atoms with E-state index in [1.165, 1.54) is 12.1 Å². The molecule has 92 valence electrons. The van der Waals surface area contributed by atoms with E-state index in [2.05, 4.69) is 5.32 Å². The number of amides is 1. The highest BCUT2D eigenvalue weighted by molar-refractivity contribution is 5.76. The molecule has 1 N–H and O–H groups in total. The van der Waals surface area contributed by atoms with Crippen LogP contribution in [0.15, 0.2) is 24.3 Å². The lowest BCUT2D eigenvalue weighted by Gasteiger charge is -2.36. The summed E-state index contributed by atoms with van der Waals surface area (Å²) in [4.78, 5) is 13.7. The van der Waals surface area contributed by atoms with Gasteiger partial charge in [0.1, 0.15) is 5.82 Å². The SMILES string of the molecule is CCC(=O)N1CCNCC1c1cccc(F)c1. The van der Waals surface area contributed by atoms with Crippen LogP contribution in [0.2, 0.25) is 0 Å². The first-order valence-corrected chi connectivity index (χ1v) is 5.98. The van der Waals surface area contributed by atoms with Crippen LogP contribution in [0.3, 0.4) is 0 Å². The van der Waals surface area contributed by atoms with E-state index in [4.69, 9.17) is 0 Å². The van der Waals surface area contributed by atoms with Crippen LogP contribution in [0.4, 0.5) is 4.39 Å². The fourth-order valence-electron chi connectivity index (χ4n) is 2.22. The van der Waals surface area contributed by atoms with E-state index in [0.29, 0.717) is 19.5 Å². The Morgan fingerprint density at radius 3 is 3.12 bits per heavy atom. The number of carbonyl (C=O) groups excluding carboxylic acids is 1. The number of carbonyl (C=O) groups is 1. The minimum atomic E-state index is -0.253. The molecule has 0 spiro atoms. The lowest BCUT2D eigenvalue weighted by molar-refractivity contribution is -0.134. The molecule has 0 aliphatic carbocycles. The Balaban J connectivity index is 2.24. The van der Waals surface area contributed by atoms with Crippen molar-refractivity contribution in [2.45, 2.75) is 19.4 Å². The molecule has 2 rings (SSSR count). The van der Waals surface area contributed by atoms with E-state index in [0.717, 1.165) is 12.1 Å². The minimum Gasteiger partial charge on any atom is -0.333 e. The highest BCUT2D eigenvalue weighted by atomic mass is 19.1. The van der Waals surface area contributed by atoms with Gasteiger partial charge in [0.25, 0.3) is 0 Å². The molecule has 1 amide bonds. The van der Waals surface area contributed by atoms with Crippen LogP contribution in [0, 0.1) is 5.82 Å². The predicted molar refractivity (Wildman–Crippen MR) is 64.0 cm³/mol. The molecule has 1 aromatic carbocycles. The quantitative estimate of drug-likeness (QED) is 0.847. The van der Waals surface area contributed by atoms with Crippen LogP contribution >= 0.6 is 0 Å². The third-order valence-corrected chi connectivity index (χ3v) is 3.10. The summed E-state index contributed by atoms with van der Waals surface area (Å²) >= 11 is 0. The van der Waals surface area contributed by atoms with Gasteiger partial charge in [0.05, 0.1) is 6.04 Å². The predicted octanol–water partition coefficient (Wildman–Crippen LogP) is 1.71. The second-order valence-electron chi connectivity index (χ2n) is 4.22. The van der Waals surface area contributed by atoms with E-state index in [9.17, 15) is 9.18 Å². The molecule has 1 atom stereocenters. The molecular formula is C13H17FN2O. The standard InChI is InChI=1S/C13H17FN2O/c1-2-13(17)16-7-6-15-9-12(16)10-4-3-5-11(14)8-10/h3-5,8,12,15H,2,6-7,9H2,1H3. The van der Waals surface area contributed by atoms with Gasteiger partial charge in [-0.1, -0.05) is 19.1 Å². The molecule has 0 bridgehead atoms. The van der Waals surface area contributed by atoms with E-state index in [1.54, 1.807) is 6.07 Å². The number of nitrogens with zero attached hydrogens (tertiary/aromatic N) is 1. The van der Waals surface area contributed by atoms with Gasteiger partial charge in [-0.25, -0.2) is 4.39 Å². The summed E-state index contributed by atoms with van der Waals surface area (Å²) in [5, 5.41) is 3.25. The fraction of sp³-hybridized carbons (Fsp3) is 0.462. The van der Waals surface area contributed by atoms with E-state index in [-0.39, 0.29) is 17.8 Å². The van der Waals surface area contributed by atoms with Crippen molar-refractivity contribution >= 4 is 5.91 Å². The number of piperazine rings is 1. The summed E-state index contributed by atoms with van der Waals surface area (Å²) in [6, 6.07) is 6.44. The summed E-state index contributed by atoms with van der Waals surface area (Å²) in [5.74, 6) is -0.127. The van der Waals surface area contributed by atoms with Crippen molar-refractivity contribution in [1.29, 1.82) is 0 Å².